The van der Waals surface area contributed by atoms with E-state index in [1.54, 1.807) is 6.20 Å². The van der Waals surface area contributed by atoms with Gasteiger partial charge in [0.1, 0.15) is 16.5 Å². The number of nitrogens with one attached hydrogen (secondary N) is 1. The Morgan fingerprint density at radius 2 is 2.20 bits per heavy atom. The molecule has 3 nitrogen and oxygen atoms in total. The summed E-state index contributed by atoms with van der Waals surface area (Å²) in [5.41, 5.74) is 1.07. The number of nitrogens with zero attached hydrogens (tertiary/aromatic N) is 1. The largest absolute Gasteiger partial charge is 0.486 e. The van der Waals surface area contributed by atoms with E-state index in [0.717, 1.165) is 43.7 Å². The van der Waals surface area contributed by atoms with Crippen molar-refractivity contribution in [3.8, 4) is 5.75 Å². The summed E-state index contributed by atoms with van der Waals surface area (Å²) in [5.74, 6) is 0.928. The van der Waals surface area contributed by atoms with Crippen molar-refractivity contribution in [3.63, 3.8) is 0 Å². The first kappa shape index (κ1) is 9.43. The van der Waals surface area contributed by atoms with Crippen LogP contribution in [-0.4, -0.2) is 23.7 Å². The first-order chi connectivity index (χ1) is 7.29. The van der Waals surface area contributed by atoms with Crippen molar-refractivity contribution in [3.05, 3.63) is 23.0 Å². The van der Waals surface area contributed by atoms with Crippen LogP contribution in [0, 0.1) is 0 Å². The van der Waals surface area contributed by atoms with E-state index in [1.165, 1.54) is 0 Å². The summed E-state index contributed by atoms with van der Waals surface area (Å²) >= 11 is 6.07. The van der Waals surface area contributed by atoms with E-state index < -0.39 is 0 Å². The normalized spacial score (nSPS) is 22.5. The van der Waals surface area contributed by atoms with E-state index in [4.69, 9.17) is 16.3 Å². The molecule has 0 aliphatic carbocycles. The van der Waals surface area contributed by atoms with Crippen LogP contribution in [-0.2, 0) is 6.42 Å². The minimum absolute atomic E-state index is 0.0136. The molecule has 0 aromatic carbocycles. The summed E-state index contributed by atoms with van der Waals surface area (Å²) in [6.45, 7) is 2.05. The van der Waals surface area contributed by atoms with Crippen LogP contribution >= 0.6 is 11.6 Å². The Labute approximate surface area is 93.8 Å². The van der Waals surface area contributed by atoms with Crippen molar-refractivity contribution in [2.45, 2.75) is 24.9 Å². The Morgan fingerprint density at radius 3 is 2.93 bits per heavy atom. The first-order valence-corrected chi connectivity index (χ1v) is 5.70. The summed E-state index contributed by atoms with van der Waals surface area (Å²) in [5, 5.41) is 3.95. The van der Waals surface area contributed by atoms with Gasteiger partial charge in [0.2, 0.25) is 0 Å². The maximum atomic E-state index is 6.07. The molecule has 0 radical (unpaired) electrons. The molecule has 0 amide bonds. The number of hydrogen-bond acceptors (Lipinski definition) is 3. The molecule has 0 bridgehead atoms. The number of piperidine rings is 1. The lowest BCUT2D eigenvalue weighted by molar-refractivity contribution is 0.0600. The molecular weight excluding hydrogens is 212 g/mol. The van der Waals surface area contributed by atoms with Gasteiger partial charge in [0.05, 0.1) is 0 Å². The minimum atomic E-state index is -0.0136. The molecule has 1 aromatic heterocycles. The van der Waals surface area contributed by atoms with Crippen LogP contribution in [0.3, 0.4) is 0 Å². The highest BCUT2D eigenvalue weighted by molar-refractivity contribution is 6.30. The van der Waals surface area contributed by atoms with Crippen molar-refractivity contribution in [2.75, 3.05) is 13.1 Å². The molecule has 2 aliphatic heterocycles. The fourth-order valence-electron chi connectivity index (χ4n) is 2.46. The molecule has 1 saturated heterocycles. The van der Waals surface area contributed by atoms with Crippen LogP contribution in [0.15, 0.2) is 12.3 Å². The van der Waals surface area contributed by atoms with E-state index in [-0.39, 0.29) is 5.60 Å². The molecular formula is C11H13ClN2O. The van der Waals surface area contributed by atoms with E-state index in [1.807, 2.05) is 6.07 Å². The predicted octanol–water partition coefficient (Wildman–Crippen LogP) is 1.79. The van der Waals surface area contributed by atoms with Crippen LogP contribution in [0.2, 0.25) is 5.15 Å². The van der Waals surface area contributed by atoms with E-state index in [0.29, 0.717) is 5.15 Å². The Morgan fingerprint density at radius 1 is 1.40 bits per heavy atom. The van der Waals surface area contributed by atoms with Crippen molar-refractivity contribution >= 4 is 11.6 Å². The zero-order chi connectivity index (χ0) is 10.3. The predicted molar refractivity (Wildman–Crippen MR) is 58.4 cm³/mol. The van der Waals surface area contributed by atoms with Gasteiger partial charge >= 0.3 is 0 Å². The lowest BCUT2D eigenvalue weighted by Gasteiger charge is -2.33. The zero-order valence-electron chi connectivity index (χ0n) is 8.42. The van der Waals surface area contributed by atoms with Crippen molar-refractivity contribution in [2.24, 2.45) is 0 Å². The number of ether oxygens (including phenoxy) is 1. The van der Waals surface area contributed by atoms with E-state index >= 15 is 0 Å². The van der Waals surface area contributed by atoms with Gasteiger partial charge in [-0.2, -0.15) is 0 Å². The monoisotopic (exact) mass is 224 g/mol. The number of rotatable bonds is 0. The van der Waals surface area contributed by atoms with Gasteiger partial charge in [0, 0.05) is 18.2 Å². The minimum Gasteiger partial charge on any atom is -0.486 e. The number of fused-ring (bicyclic) bond motifs is 1. The average Bonchev–Trinajstić information content (AvgIpc) is 2.59. The Kier molecular flexibility index (Phi) is 2.11. The molecule has 4 heteroatoms. The smallest absolute Gasteiger partial charge is 0.136 e. The molecule has 0 atom stereocenters. The van der Waals surface area contributed by atoms with Gasteiger partial charge in [0.15, 0.2) is 0 Å². The number of hydrogen-bond donors (Lipinski definition) is 1. The van der Waals surface area contributed by atoms with Gasteiger partial charge in [-0.25, -0.2) is 4.98 Å². The lowest BCUT2D eigenvalue weighted by atomic mass is 9.88. The standard InChI is InChI=1S/C11H13ClN2O/c12-10-8-7-11(2-5-13-6-3-11)15-9(8)1-4-14-10/h1,4,13H,2-3,5-7H2. The fraction of sp³-hybridized carbons (Fsp3) is 0.545. The summed E-state index contributed by atoms with van der Waals surface area (Å²) < 4.78 is 6.05. The van der Waals surface area contributed by atoms with Gasteiger partial charge in [-0.1, -0.05) is 11.6 Å². The first-order valence-electron chi connectivity index (χ1n) is 5.32. The maximum Gasteiger partial charge on any atom is 0.136 e. The van der Waals surface area contributed by atoms with Crippen LogP contribution in [0.25, 0.3) is 0 Å². The summed E-state index contributed by atoms with van der Waals surface area (Å²) in [6, 6.07) is 1.91. The topological polar surface area (TPSA) is 34.2 Å². The second-order valence-electron chi connectivity index (χ2n) is 4.29. The lowest BCUT2D eigenvalue weighted by Crippen LogP contribution is -2.45. The molecule has 3 rings (SSSR count). The second-order valence-corrected chi connectivity index (χ2v) is 4.65. The molecule has 0 saturated carbocycles. The van der Waals surface area contributed by atoms with Crippen LogP contribution < -0.4 is 10.1 Å². The van der Waals surface area contributed by atoms with Crippen molar-refractivity contribution in [1.82, 2.24) is 10.3 Å². The molecule has 80 valence electrons. The van der Waals surface area contributed by atoms with Gasteiger partial charge in [-0.05, 0) is 32.0 Å². The molecule has 0 unspecified atom stereocenters. The van der Waals surface area contributed by atoms with Gasteiger partial charge in [-0.3, -0.25) is 0 Å². The molecule has 1 fully saturated rings. The third kappa shape index (κ3) is 1.50. The molecule has 1 aromatic rings. The van der Waals surface area contributed by atoms with Gasteiger partial charge in [-0.15, -0.1) is 0 Å². The molecule has 15 heavy (non-hydrogen) atoms. The summed E-state index contributed by atoms with van der Waals surface area (Å²) in [4.78, 5) is 4.10. The average molecular weight is 225 g/mol. The quantitative estimate of drug-likeness (QED) is 0.683. The third-order valence-corrected chi connectivity index (χ3v) is 3.63. The van der Waals surface area contributed by atoms with Crippen LogP contribution in [0.1, 0.15) is 18.4 Å². The molecule has 1 N–H and O–H groups in total. The van der Waals surface area contributed by atoms with E-state index in [2.05, 4.69) is 10.3 Å². The Bertz CT molecular complexity index is 388. The highest BCUT2D eigenvalue weighted by atomic mass is 35.5. The van der Waals surface area contributed by atoms with Crippen molar-refractivity contribution < 1.29 is 4.74 Å². The summed E-state index contributed by atoms with van der Waals surface area (Å²) in [7, 11) is 0. The number of pyridine rings is 1. The van der Waals surface area contributed by atoms with Crippen molar-refractivity contribution in [1.29, 1.82) is 0 Å². The van der Waals surface area contributed by atoms with Gasteiger partial charge in [0.25, 0.3) is 0 Å². The maximum absolute atomic E-state index is 6.07. The third-order valence-electron chi connectivity index (χ3n) is 3.30. The van der Waals surface area contributed by atoms with E-state index in [9.17, 15) is 0 Å². The molecule has 2 aliphatic rings. The SMILES string of the molecule is Clc1nccc2c1CC1(CCNCC1)O2. The fourth-order valence-corrected chi connectivity index (χ4v) is 2.68. The number of halogens is 1. The highest BCUT2D eigenvalue weighted by Gasteiger charge is 2.41. The Balaban J connectivity index is 1.94. The zero-order valence-corrected chi connectivity index (χ0v) is 9.18. The summed E-state index contributed by atoms with van der Waals surface area (Å²) in [6.07, 6.45) is 4.73. The van der Waals surface area contributed by atoms with Crippen LogP contribution in [0.5, 0.6) is 5.75 Å². The highest BCUT2D eigenvalue weighted by Crippen LogP contribution is 2.41. The second kappa shape index (κ2) is 3.35. The van der Waals surface area contributed by atoms with Gasteiger partial charge < -0.3 is 10.1 Å². The molecule has 3 heterocycles. The van der Waals surface area contributed by atoms with Crippen LogP contribution in [0.4, 0.5) is 0 Å². The molecule has 1 spiro atoms. The Hall–Kier alpha value is -0.800. The number of aromatic nitrogens is 1.